The number of anilines is 1. The highest BCUT2D eigenvalue weighted by atomic mass is 16.7. The number of nitrogens with zero attached hydrogens (tertiary/aromatic N) is 2. The van der Waals surface area contributed by atoms with Crippen LogP contribution < -0.4 is 5.06 Å². The van der Waals surface area contributed by atoms with Gasteiger partial charge in [0.2, 0.25) is 6.04 Å². The van der Waals surface area contributed by atoms with Gasteiger partial charge in [0.05, 0.1) is 25.3 Å². The van der Waals surface area contributed by atoms with Gasteiger partial charge in [-0.3, -0.25) is 24.5 Å². The fourth-order valence-electron chi connectivity index (χ4n) is 4.32. The van der Waals surface area contributed by atoms with Crippen molar-refractivity contribution in [2.45, 2.75) is 30.4 Å². The minimum Gasteiger partial charge on any atom is -0.368 e. The maximum atomic E-state index is 13.2. The van der Waals surface area contributed by atoms with Crippen molar-refractivity contribution in [1.29, 1.82) is 0 Å². The molecule has 8 heteroatoms. The number of fused-ring (bicyclic) bond motifs is 4. The van der Waals surface area contributed by atoms with E-state index in [1.807, 2.05) is 0 Å². The molecule has 8 nitrogen and oxygen atoms in total. The number of carbonyl (C=O) groups excluding carboxylic acids is 2. The molecule has 0 N–H and O–H groups in total. The van der Waals surface area contributed by atoms with Gasteiger partial charge < -0.3 is 4.74 Å². The monoisotopic (exact) mass is 332 g/mol. The number of hydrogen-bond donors (Lipinski definition) is 0. The molecule has 2 bridgehead atoms. The van der Waals surface area contributed by atoms with Crippen molar-refractivity contribution in [3.05, 3.63) is 39.9 Å². The Hall–Kier alpha value is -2.32. The summed E-state index contributed by atoms with van der Waals surface area (Å²) in [6, 6.07) is 5.91. The normalized spacial score (nSPS) is 34.5. The number of hydroxylamine groups is 1. The summed E-state index contributed by atoms with van der Waals surface area (Å²) in [4.78, 5) is 42.2. The Balaban J connectivity index is 1.96. The first-order chi connectivity index (χ1) is 11.5. The minimum atomic E-state index is -1.40. The Labute approximate surface area is 137 Å². The molecule has 4 aliphatic rings. The largest absolute Gasteiger partial charge is 0.368 e. The number of nitro groups is 1. The molecule has 3 heterocycles. The van der Waals surface area contributed by atoms with E-state index >= 15 is 0 Å². The summed E-state index contributed by atoms with van der Waals surface area (Å²) in [7, 11) is 1.36. The Morgan fingerprint density at radius 1 is 1.38 bits per heavy atom. The van der Waals surface area contributed by atoms with Gasteiger partial charge in [-0.05, 0) is 11.6 Å². The molecule has 2 saturated heterocycles. The predicted octanol–water partition coefficient (Wildman–Crippen LogP) is 0.856. The maximum Gasteiger partial charge on any atom is 0.265 e. The topological polar surface area (TPSA) is 99.0 Å². The molecule has 0 aromatic heterocycles. The van der Waals surface area contributed by atoms with Crippen molar-refractivity contribution < 1.29 is 24.1 Å². The molecular weight excluding hydrogens is 316 g/mol. The van der Waals surface area contributed by atoms with Crippen LogP contribution in [0.5, 0.6) is 0 Å². The zero-order valence-corrected chi connectivity index (χ0v) is 13.0. The van der Waals surface area contributed by atoms with Crippen LogP contribution in [0.4, 0.5) is 5.69 Å². The van der Waals surface area contributed by atoms with Gasteiger partial charge in [-0.15, -0.1) is 0 Å². The van der Waals surface area contributed by atoms with Gasteiger partial charge in [0.15, 0.2) is 5.78 Å². The first-order valence-corrected chi connectivity index (χ1v) is 7.76. The predicted molar refractivity (Wildman–Crippen MR) is 80.9 cm³/mol. The van der Waals surface area contributed by atoms with Crippen molar-refractivity contribution >= 4 is 17.4 Å². The standard InChI is InChI=1S/C16H16N2O6/c1-23-17-11-5-3-2-4-10(11)16(15(17)20)7-12(18(21)22)9-6-13(19)14(16)24-8-9/h2-5,9,12,14H,6-8H2,1H3/t9?,12-,14?,16?/m1/s1. The Morgan fingerprint density at radius 3 is 2.79 bits per heavy atom. The lowest BCUT2D eigenvalue weighted by molar-refractivity contribution is -0.533. The average Bonchev–Trinajstić information content (AvgIpc) is 2.68. The minimum absolute atomic E-state index is 0.0588. The molecule has 1 saturated carbocycles. The third-order valence-electron chi connectivity index (χ3n) is 5.38. The zero-order chi connectivity index (χ0) is 17.1. The lowest BCUT2D eigenvalue weighted by Crippen LogP contribution is -2.53. The molecule has 3 aliphatic heterocycles. The zero-order valence-electron chi connectivity index (χ0n) is 13.0. The van der Waals surface area contributed by atoms with Crippen LogP contribution >= 0.6 is 0 Å². The molecule has 1 amide bonds. The molecule has 1 spiro atoms. The number of para-hydroxylation sites is 1. The van der Waals surface area contributed by atoms with E-state index in [9.17, 15) is 19.7 Å². The van der Waals surface area contributed by atoms with Crippen LogP contribution in [0.15, 0.2) is 24.3 Å². The van der Waals surface area contributed by atoms with Gasteiger partial charge in [0.25, 0.3) is 5.91 Å². The molecule has 1 aliphatic carbocycles. The van der Waals surface area contributed by atoms with Gasteiger partial charge in [-0.1, -0.05) is 18.2 Å². The van der Waals surface area contributed by atoms with Crippen LogP contribution in [-0.4, -0.2) is 42.5 Å². The number of carbonyl (C=O) groups is 2. The van der Waals surface area contributed by atoms with Crippen LogP contribution in [0.1, 0.15) is 18.4 Å². The Morgan fingerprint density at radius 2 is 2.12 bits per heavy atom. The third-order valence-corrected chi connectivity index (χ3v) is 5.38. The van der Waals surface area contributed by atoms with Crippen molar-refractivity contribution in [2.75, 3.05) is 18.8 Å². The number of ether oxygens (including phenoxy) is 1. The number of benzene rings is 1. The molecule has 3 fully saturated rings. The van der Waals surface area contributed by atoms with Crippen molar-refractivity contribution in [3.63, 3.8) is 0 Å². The van der Waals surface area contributed by atoms with Gasteiger partial charge in [-0.2, -0.15) is 5.06 Å². The molecule has 3 unspecified atom stereocenters. The van der Waals surface area contributed by atoms with Crippen LogP contribution in [0.3, 0.4) is 0 Å². The molecule has 24 heavy (non-hydrogen) atoms. The second-order valence-electron chi connectivity index (χ2n) is 6.47. The Bertz CT molecular complexity index is 750. The summed E-state index contributed by atoms with van der Waals surface area (Å²) < 4.78 is 5.70. The third kappa shape index (κ3) is 1.75. The second kappa shape index (κ2) is 5.09. The van der Waals surface area contributed by atoms with Crippen molar-refractivity contribution in [1.82, 2.24) is 0 Å². The summed E-state index contributed by atoms with van der Waals surface area (Å²) >= 11 is 0. The van der Waals surface area contributed by atoms with Gasteiger partial charge in [0.1, 0.15) is 11.5 Å². The van der Waals surface area contributed by atoms with E-state index in [0.717, 1.165) is 5.06 Å². The summed E-state index contributed by atoms with van der Waals surface area (Å²) in [5.74, 6) is -1.23. The highest BCUT2D eigenvalue weighted by molar-refractivity contribution is 6.10. The van der Waals surface area contributed by atoms with E-state index in [2.05, 4.69) is 0 Å². The molecule has 126 valence electrons. The number of rotatable bonds is 2. The van der Waals surface area contributed by atoms with E-state index in [4.69, 9.17) is 9.57 Å². The lowest BCUT2D eigenvalue weighted by atomic mass is 9.72. The maximum absolute atomic E-state index is 13.2. The molecule has 0 radical (unpaired) electrons. The van der Waals surface area contributed by atoms with E-state index < -0.39 is 29.4 Å². The number of hydrogen-bond acceptors (Lipinski definition) is 6. The van der Waals surface area contributed by atoms with Gasteiger partial charge >= 0.3 is 0 Å². The van der Waals surface area contributed by atoms with Gasteiger partial charge in [0, 0.05) is 17.8 Å². The lowest BCUT2D eigenvalue weighted by Gasteiger charge is -2.33. The summed E-state index contributed by atoms with van der Waals surface area (Å²) in [6.45, 7) is 0.117. The SMILES string of the molecule is CON1C(=O)C2(C[C@@H]([N+](=O)[O-])C3COC2C(=O)C3)c2ccccc21. The van der Waals surface area contributed by atoms with Crippen LogP contribution in [0, 0.1) is 16.0 Å². The fourth-order valence-corrected chi connectivity index (χ4v) is 4.32. The number of Topliss-reactive ketones (excluding diaryl/α,β-unsaturated/α-hetero) is 1. The summed E-state index contributed by atoms with van der Waals surface area (Å²) in [5, 5.41) is 12.7. The second-order valence-corrected chi connectivity index (χ2v) is 6.47. The molecular formula is C16H16N2O6. The molecule has 5 rings (SSSR count). The average molecular weight is 332 g/mol. The number of amides is 1. The molecule has 1 aromatic carbocycles. The smallest absolute Gasteiger partial charge is 0.265 e. The molecule has 4 atom stereocenters. The van der Waals surface area contributed by atoms with E-state index in [1.54, 1.807) is 24.3 Å². The first-order valence-electron chi connectivity index (χ1n) is 7.76. The van der Waals surface area contributed by atoms with Crippen LogP contribution in [-0.2, 0) is 24.6 Å². The van der Waals surface area contributed by atoms with E-state index in [1.165, 1.54) is 7.11 Å². The van der Waals surface area contributed by atoms with E-state index in [0.29, 0.717) is 11.3 Å². The summed E-state index contributed by atoms with van der Waals surface area (Å²) in [5.41, 5.74) is -0.328. The highest BCUT2D eigenvalue weighted by Gasteiger charge is 2.65. The number of ketones is 1. The Kier molecular flexibility index (Phi) is 3.23. The van der Waals surface area contributed by atoms with Crippen LogP contribution in [0.2, 0.25) is 0 Å². The van der Waals surface area contributed by atoms with Crippen LogP contribution in [0.25, 0.3) is 0 Å². The van der Waals surface area contributed by atoms with Crippen molar-refractivity contribution in [2.24, 2.45) is 5.92 Å². The summed E-state index contributed by atoms with van der Waals surface area (Å²) in [6.07, 6.45) is -0.996. The van der Waals surface area contributed by atoms with Gasteiger partial charge in [-0.25, -0.2) is 0 Å². The quantitative estimate of drug-likeness (QED) is 0.588. The van der Waals surface area contributed by atoms with Crippen molar-refractivity contribution in [3.8, 4) is 0 Å². The highest BCUT2D eigenvalue weighted by Crippen LogP contribution is 2.52. The van der Waals surface area contributed by atoms with E-state index in [-0.39, 0.29) is 30.2 Å². The molecule has 1 aromatic rings. The fraction of sp³-hybridized carbons (Fsp3) is 0.500. The first kappa shape index (κ1) is 15.2.